The summed E-state index contributed by atoms with van der Waals surface area (Å²) in [6.07, 6.45) is 6.86. The van der Waals surface area contributed by atoms with Gasteiger partial charge in [0, 0.05) is 5.56 Å². The van der Waals surface area contributed by atoms with E-state index in [4.69, 9.17) is 0 Å². The van der Waals surface area contributed by atoms with Gasteiger partial charge in [-0.2, -0.15) is 10.1 Å². The second-order valence-electron chi connectivity index (χ2n) is 3.90. The molecule has 1 aromatic heterocycles. The molecule has 0 spiro atoms. The quantitative estimate of drug-likeness (QED) is 0.798. The van der Waals surface area contributed by atoms with Crippen molar-refractivity contribution in [1.82, 2.24) is 14.8 Å². The number of carbonyl (C=O) groups is 1. The van der Waals surface area contributed by atoms with E-state index in [9.17, 15) is 4.79 Å². The molecule has 0 fully saturated rings. The van der Waals surface area contributed by atoms with Crippen LogP contribution in [0.4, 0.5) is 0 Å². The smallest absolute Gasteiger partial charge is 0.266 e. The fraction of sp³-hybridized carbons (Fsp3) is 0.0769. The molecular weight excluding hydrogens is 292 g/mol. The van der Waals surface area contributed by atoms with Crippen LogP contribution in [0, 0.1) is 0 Å². The van der Waals surface area contributed by atoms with Crippen LogP contribution in [0.25, 0.3) is 11.8 Å². The molecule has 20 heavy (non-hydrogen) atoms. The third kappa shape index (κ3) is 2.54. The van der Waals surface area contributed by atoms with E-state index in [0.717, 1.165) is 15.6 Å². The summed E-state index contributed by atoms with van der Waals surface area (Å²) in [4.78, 5) is 20.4. The molecule has 100 valence electrons. The number of para-hydroxylation sites is 1. The summed E-state index contributed by atoms with van der Waals surface area (Å²) in [5, 5.41) is 4.12. The third-order valence-electron chi connectivity index (χ3n) is 2.66. The summed E-state index contributed by atoms with van der Waals surface area (Å²) in [6.45, 7) is 0. The van der Waals surface area contributed by atoms with E-state index in [0.29, 0.717) is 4.91 Å². The first-order valence-corrected chi connectivity index (χ1v) is 7.82. The molecule has 2 aromatic rings. The van der Waals surface area contributed by atoms with Crippen LogP contribution in [0.3, 0.4) is 0 Å². The van der Waals surface area contributed by atoms with Crippen molar-refractivity contribution < 1.29 is 4.79 Å². The Hall–Kier alpha value is -1.86. The number of hydrogen-bond acceptors (Lipinski definition) is 5. The lowest BCUT2D eigenvalue weighted by molar-refractivity contribution is -0.113. The zero-order valence-electron chi connectivity index (χ0n) is 10.6. The fourth-order valence-corrected chi connectivity index (χ4v) is 3.18. The Morgan fingerprint density at radius 3 is 2.90 bits per heavy atom. The molecule has 0 bridgehead atoms. The Labute approximate surface area is 124 Å². The van der Waals surface area contributed by atoms with Crippen LogP contribution in [0.5, 0.6) is 0 Å². The molecule has 7 heteroatoms. The van der Waals surface area contributed by atoms with Crippen LogP contribution in [0.1, 0.15) is 5.56 Å². The average molecular weight is 302 g/mol. The van der Waals surface area contributed by atoms with Crippen molar-refractivity contribution in [2.45, 2.75) is 0 Å². The Bertz CT molecular complexity index is 707. The molecule has 1 aliphatic heterocycles. The van der Waals surface area contributed by atoms with Gasteiger partial charge in [0.2, 0.25) is 0 Å². The number of carbonyl (C=O) groups excluding carboxylic acids is 1. The summed E-state index contributed by atoms with van der Waals surface area (Å²) in [5.41, 5.74) is 1.79. The minimum atomic E-state index is -0.187. The minimum absolute atomic E-state index is 0.187. The van der Waals surface area contributed by atoms with Crippen LogP contribution in [0.15, 0.2) is 46.8 Å². The highest BCUT2D eigenvalue weighted by molar-refractivity contribution is 8.40. The van der Waals surface area contributed by atoms with Gasteiger partial charge in [-0.25, -0.2) is 9.67 Å². The second-order valence-corrected chi connectivity index (χ2v) is 5.98. The van der Waals surface area contributed by atoms with Crippen LogP contribution < -0.4 is 0 Å². The summed E-state index contributed by atoms with van der Waals surface area (Å²) in [7, 11) is 0. The predicted molar refractivity (Wildman–Crippen MR) is 82.9 cm³/mol. The van der Waals surface area contributed by atoms with Gasteiger partial charge in [0.25, 0.3) is 5.91 Å². The van der Waals surface area contributed by atoms with Crippen LogP contribution in [0.2, 0.25) is 0 Å². The first-order valence-electron chi connectivity index (χ1n) is 5.78. The Kier molecular flexibility index (Phi) is 3.70. The predicted octanol–water partition coefficient (Wildman–Crippen LogP) is 2.60. The van der Waals surface area contributed by atoms with Crippen LogP contribution >= 0.6 is 23.5 Å². The van der Waals surface area contributed by atoms with Crippen molar-refractivity contribution in [3.05, 3.63) is 47.4 Å². The Morgan fingerprint density at radius 1 is 1.35 bits per heavy atom. The summed E-state index contributed by atoms with van der Waals surface area (Å²) < 4.78 is 2.45. The summed E-state index contributed by atoms with van der Waals surface area (Å²) >= 11 is 2.87. The standard InChI is InChI=1S/C13H10N4OS2/c1-19-13-16-12(18)11(20-13)6-9-4-2-3-5-10(9)17-8-14-7-15-17/h2-8H,1H3. The second kappa shape index (κ2) is 5.64. The van der Waals surface area contributed by atoms with Gasteiger partial charge in [0.15, 0.2) is 0 Å². The van der Waals surface area contributed by atoms with Crippen molar-refractivity contribution in [3.63, 3.8) is 0 Å². The average Bonchev–Trinajstić information content (AvgIpc) is 3.10. The molecular formula is C13H10N4OS2. The van der Waals surface area contributed by atoms with E-state index in [1.54, 1.807) is 11.0 Å². The first-order chi connectivity index (χ1) is 9.78. The van der Waals surface area contributed by atoms with Crippen molar-refractivity contribution in [3.8, 4) is 5.69 Å². The van der Waals surface area contributed by atoms with E-state index >= 15 is 0 Å². The van der Waals surface area contributed by atoms with E-state index < -0.39 is 0 Å². The van der Waals surface area contributed by atoms with Gasteiger partial charge in [-0.15, -0.1) is 11.8 Å². The van der Waals surface area contributed by atoms with Gasteiger partial charge < -0.3 is 0 Å². The third-order valence-corrected chi connectivity index (χ3v) is 4.63. The topological polar surface area (TPSA) is 60.1 Å². The number of amides is 1. The van der Waals surface area contributed by atoms with Gasteiger partial charge in [0.05, 0.1) is 10.6 Å². The molecule has 0 radical (unpaired) electrons. The lowest BCUT2D eigenvalue weighted by Crippen LogP contribution is -1.98. The maximum atomic E-state index is 11.8. The Morgan fingerprint density at radius 2 is 2.20 bits per heavy atom. The molecule has 0 unspecified atom stereocenters. The molecule has 0 saturated carbocycles. The van der Waals surface area contributed by atoms with Gasteiger partial charge in [0.1, 0.15) is 17.0 Å². The highest BCUT2D eigenvalue weighted by atomic mass is 32.2. The maximum Gasteiger partial charge on any atom is 0.285 e. The van der Waals surface area contributed by atoms with E-state index in [1.165, 1.54) is 29.9 Å². The zero-order valence-corrected chi connectivity index (χ0v) is 12.2. The van der Waals surface area contributed by atoms with Crippen LogP contribution in [-0.2, 0) is 4.79 Å². The molecule has 0 saturated heterocycles. The largest absolute Gasteiger partial charge is 0.285 e. The van der Waals surface area contributed by atoms with Gasteiger partial charge in [-0.3, -0.25) is 4.79 Å². The molecule has 3 rings (SSSR count). The van der Waals surface area contributed by atoms with Crippen molar-refractivity contribution in [2.75, 3.05) is 6.26 Å². The zero-order chi connectivity index (χ0) is 13.9. The van der Waals surface area contributed by atoms with Crippen molar-refractivity contribution >= 4 is 39.9 Å². The SMILES string of the molecule is CSC1=NC(=O)C(=Cc2ccccc2-n2cncn2)S1. The molecule has 0 atom stereocenters. The van der Waals surface area contributed by atoms with Crippen molar-refractivity contribution in [2.24, 2.45) is 4.99 Å². The monoisotopic (exact) mass is 302 g/mol. The maximum absolute atomic E-state index is 11.8. The van der Waals surface area contributed by atoms with Gasteiger partial charge >= 0.3 is 0 Å². The van der Waals surface area contributed by atoms with Gasteiger partial charge in [-0.1, -0.05) is 30.0 Å². The molecule has 2 heterocycles. The lowest BCUT2D eigenvalue weighted by Gasteiger charge is -2.05. The number of rotatable bonds is 2. The van der Waals surface area contributed by atoms with Crippen molar-refractivity contribution in [1.29, 1.82) is 0 Å². The highest BCUT2D eigenvalue weighted by Gasteiger charge is 2.21. The number of benzene rings is 1. The normalized spacial score (nSPS) is 16.8. The molecule has 0 aliphatic carbocycles. The number of nitrogens with zero attached hydrogens (tertiary/aromatic N) is 4. The highest BCUT2D eigenvalue weighted by Crippen LogP contribution is 2.33. The Balaban J connectivity index is 1.99. The lowest BCUT2D eigenvalue weighted by atomic mass is 10.1. The number of thioether (sulfide) groups is 2. The number of aromatic nitrogens is 3. The number of hydrogen-bond donors (Lipinski definition) is 0. The molecule has 1 amide bonds. The minimum Gasteiger partial charge on any atom is -0.266 e. The van der Waals surface area contributed by atoms with E-state index in [1.807, 2.05) is 36.6 Å². The van der Waals surface area contributed by atoms with E-state index in [2.05, 4.69) is 15.1 Å². The van der Waals surface area contributed by atoms with Crippen LogP contribution in [-0.4, -0.2) is 31.3 Å². The molecule has 0 N–H and O–H groups in total. The first kappa shape index (κ1) is 13.1. The summed E-state index contributed by atoms with van der Waals surface area (Å²) in [6, 6.07) is 7.72. The fourth-order valence-electron chi connectivity index (χ4n) is 1.77. The molecule has 1 aromatic carbocycles. The molecule has 1 aliphatic rings. The number of aliphatic imine (C=N–C) groups is 1. The summed E-state index contributed by atoms with van der Waals surface area (Å²) in [5.74, 6) is -0.187. The van der Waals surface area contributed by atoms with Gasteiger partial charge in [-0.05, 0) is 18.4 Å². The molecule has 5 nitrogen and oxygen atoms in total. The van der Waals surface area contributed by atoms with E-state index in [-0.39, 0.29) is 5.91 Å².